The van der Waals surface area contributed by atoms with E-state index in [1.165, 1.54) is 6.07 Å². The minimum absolute atomic E-state index is 0.338. The van der Waals surface area contributed by atoms with E-state index in [0.717, 1.165) is 19.4 Å². The number of nitrogens with one attached hydrogen (secondary N) is 1. The molecule has 0 spiro atoms. The molecule has 2 atom stereocenters. The van der Waals surface area contributed by atoms with Crippen LogP contribution in [0.2, 0.25) is 0 Å². The smallest absolute Gasteiger partial charge is 0.226 e. The van der Waals surface area contributed by atoms with Gasteiger partial charge in [0.15, 0.2) is 5.75 Å². The van der Waals surface area contributed by atoms with Crippen molar-refractivity contribution < 1.29 is 9.52 Å². The minimum atomic E-state index is -0.387. The summed E-state index contributed by atoms with van der Waals surface area (Å²) in [6, 6.07) is 2.20. The van der Waals surface area contributed by atoms with Crippen LogP contribution >= 0.6 is 0 Å². The van der Waals surface area contributed by atoms with Gasteiger partial charge in [0.1, 0.15) is 12.0 Å². The Morgan fingerprint density at radius 1 is 1.59 bits per heavy atom. The number of piperazine rings is 1. The maximum atomic E-state index is 11.3. The van der Waals surface area contributed by atoms with E-state index >= 15 is 0 Å². The Kier molecular flexibility index (Phi) is 3.49. The number of hydrogen-bond donors (Lipinski definition) is 2. The maximum absolute atomic E-state index is 11.3. The van der Waals surface area contributed by atoms with E-state index in [4.69, 9.17) is 9.52 Å². The Hall–Kier alpha value is -1.33. The van der Waals surface area contributed by atoms with Crippen molar-refractivity contribution in [3.8, 4) is 5.75 Å². The zero-order chi connectivity index (χ0) is 12.4. The Labute approximate surface area is 100 Å². The second kappa shape index (κ2) is 4.89. The third-order valence-corrected chi connectivity index (χ3v) is 3.12. The lowest BCUT2D eigenvalue weighted by molar-refractivity contribution is 0.128. The van der Waals surface area contributed by atoms with Crippen molar-refractivity contribution in [1.29, 1.82) is 0 Å². The van der Waals surface area contributed by atoms with Gasteiger partial charge in [-0.05, 0) is 13.8 Å². The molecule has 1 aromatic heterocycles. The maximum Gasteiger partial charge on any atom is 0.226 e. The van der Waals surface area contributed by atoms with Crippen LogP contribution in [0, 0.1) is 0 Å². The standard InChI is InChI=1S/C12H18N2O3/c1-8-5-14(9(2)4-13-8)6-10-3-11(15)12(16)7-17-10/h3,7-9,13,16H,4-6H2,1-2H3. The lowest BCUT2D eigenvalue weighted by atomic mass is 10.1. The number of hydrogen-bond acceptors (Lipinski definition) is 5. The zero-order valence-corrected chi connectivity index (χ0v) is 10.1. The van der Waals surface area contributed by atoms with E-state index in [-0.39, 0.29) is 11.2 Å². The van der Waals surface area contributed by atoms with Crippen LogP contribution in [0.4, 0.5) is 0 Å². The molecule has 1 fully saturated rings. The van der Waals surface area contributed by atoms with Crippen LogP contribution in [0.3, 0.4) is 0 Å². The normalized spacial score (nSPS) is 26.0. The molecule has 1 aliphatic rings. The van der Waals surface area contributed by atoms with Crippen LogP contribution < -0.4 is 10.7 Å². The first-order valence-corrected chi connectivity index (χ1v) is 5.84. The van der Waals surface area contributed by atoms with Gasteiger partial charge in [0, 0.05) is 31.2 Å². The lowest BCUT2D eigenvalue weighted by Gasteiger charge is -2.37. The van der Waals surface area contributed by atoms with Crippen molar-refractivity contribution in [3.63, 3.8) is 0 Å². The fourth-order valence-electron chi connectivity index (χ4n) is 2.04. The van der Waals surface area contributed by atoms with E-state index in [1.54, 1.807) is 0 Å². The molecular formula is C12H18N2O3. The van der Waals surface area contributed by atoms with Crippen molar-refractivity contribution in [2.75, 3.05) is 13.1 Å². The summed E-state index contributed by atoms with van der Waals surface area (Å²) in [6.07, 6.45) is 1.11. The molecule has 1 aromatic rings. The molecule has 1 aliphatic heterocycles. The van der Waals surface area contributed by atoms with E-state index in [1.807, 2.05) is 0 Å². The molecule has 0 radical (unpaired) electrons. The van der Waals surface area contributed by atoms with E-state index in [9.17, 15) is 4.79 Å². The Bertz CT molecular complexity index is 444. The summed E-state index contributed by atoms with van der Waals surface area (Å²) < 4.78 is 5.21. The van der Waals surface area contributed by atoms with E-state index in [0.29, 0.717) is 24.4 Å². The summed E-state index contributed by atoms with van der Waals surface area (Å²) in [5, 5.41) is 12.5. The number of aromatic hydroxyl groups is 1. The van der Waals surface area contributed by atoms with Gasteiger partial charge in [0.05, 0.1) is 6.54 Å². The van der Waals surface area contributed by atoms with Crippen LogP contribution in [0.5, 0.6) is 5.75 Å². The fourth-order valence-corrected chi connectivity index (χ4v) is 2.04. The van der Waals surface area contributed by atoms with Crippen molar-refractivity contribution in [2.24, 2.45) is 0 Å². The first-order valence-electron chi connectivity index (χ1n) is 5.84. The molecule has 17 heavy (non-hydrogen) atoms. The average molecular weight is 238 g/mol. The van der Waals surface area contributed by atoms with Crippen LogP contribution in [-0.4, -0.2) is 35.2 Å². The summed E-state index contributed by atoms with van der Waals surface area (Å²) in [5.74, 6) is 0.254. The predicted octanol–water partition coefficient (Wildman–Crippen LogP) is 0.528. The van der Waals surface area contributed by atoms with Gasteiger partial charge in [-0.2, -0.15) is 0 Å². The van der Waals surface area contributed by atoms with Crippen LogP contribution in [0.25, 0.3) is 0 Å². The summed E-state index contributed by atoms with van der Waals surface area (Å²) in [4.78, 5) is 13.5. The van der Waals surface area contributed by atoms with Gasteiger partial charge in [0.25, 0.3) is 0 Å². The van der Waals surface area contributed by atoms with Gasteiger partial charge in [-0.15, -0.1) is 0 Å². The van der Waals surface area contributed by atoms with Gasteiger partial charge in [-0.3, -0.25) is 9.69 Å². The Morgan fingerprint density at radius 2 is 2.35 bits per heavy atom. The minimum Gasteiger partial charge on any atom is -0.502 e. The zero-order valence-electron chi connectivity index (χ0n) is 10.1. The highest BCUT2D eigenvalue weighted by Gasteiger charge is 2.23. The highest BCUT2D eigenvalue weighted by Crippen LogP contribution is 2.12. The summed E-state index contributed by atoms with van der Waals surface area (Å²) in [6.45, 7) is 6.72. The van der Waals surface area contributed by atoms with Gasteiger partial charge < -0.3 is 14.8 Å². The number of rotatable bonds is 2. The lowest BCUT2D eigenvalue weighted by Crippen LogP contribution is -2.53. The van der Waals surface area contributed by atoms with Gasteiger partial charge in [0.2, 0.25) is 5.43 Å². The van der Waals surface area contributed by atoms with E-state index in [2.05, 4.69) is 24.1 Å². The molecule has 0 saturated carbocycles. The molecule has 0 aliphatic carbocycles. The molecule has 2 heterocycles. The first-order chi connectivity index (χ1) is 8.06. The quantitative estimate of drug-likeness (QED) is 0.786. The van der Waals surface area contributed by atoms with Crippen molar-refractivity contribution >= 4 is 0 Å². The van der Waals surface area contributed by atoms with Crippen molar-refractivity contribution in [2.45, 2.75) is 32.5 Å². The molecule has 2 N–H and O–H groups in total. The molecule has 1 saturated heterocycles. The highest BCUT2D eigenvalue weighted by atomic mass is 16.4. The molecule has 2 rings (SSSR count). The molecular weight excluding hydrogens is 220 g/mol. The number of nitrogens with zero attached hydrogens (tertiary/aromatic N) is 1. The van der Waals surface area contributed by atoms with Gasteiger partial charge >= 0.3 is 0 Å². The highest BCUT2D eigenvalue weighted by molar-refractivity contribution is 5.15. The Morgan fingerprint density at radius 3 is 3.06 bits per heavy atom. The third-order valence-electron chi connectivity index (χ3n) is 3.12. The van der Waals surface area contributed by atoms with Gasteiger partial charge in [-0.1, -0.05) is 0 Å². The fraction of sp³-hybridized carbons (Fsp3) is 0.583. The average Bonchev–Trinajstić information content (AvgIpc) is 2.29. The van der Waals surface area contributed by atoms with Crippen molar-refractivity contribution in [1.82, 2.24) is 10.2 Å². The monoisotopic (exact) mass is 238 g/mol. The van der Waals surface area contributed by atoms with Gasteiger partial charge in [-0.25, -0.2) is 0 Å². The SMILES string of the molecule is CC1CN(Cc2cc(=O)c(O)co2)C(C)CN1. The second-order valence-electron chi connectivity index (χ2n) is 4.68. The third kappa shape index (κ3) is 2.87. The summed E-state index contributed by atoms with van der Waals surface area (Å²) in [5.41, 5.74) is -0.387. The Balaban J connectivity index is 2.08. The molecule has 0 aromatic carbocycles. The predicted molar refractivity (Wildman–Crippen MR) is 64.0 cm³/mol. The molecule has 2 unspecified atom stereocenters. The first kappa shape index (κ1) is 12.1. The largest absolute Gasteiger partial charge is 0.502 e. The van der Waals surface area contributed by atoms with Crippen LogP contribution in [0.15, 0.2) is 21.5 Å². The van der Waals surface area contributed by atoms with Crippen LogP contribution in [-0.2, 0) is 6.54 Å². The second-order valence-corrected chi connectivity index (χ2v) is 4.68. The summed E-state index contributed by atoms with van der Waals surface area (Å²) in [7, 11) is 0. The molecule has 94 valence electrons. The topological polar surface area (TPSA) is 65.7 Å². The van der Waals surface area contributed by atoms with Crippen LogP contribution in [0.1, 0.15) is 19.6 Å². The molecule has 5 heteroatoms. The molecule has 0 bridgehead atoms. The summed E-state index contributed by atoms with van der Waals surface area (Å²) >= 11 is 0. The molecule has 0 amide bonds. The molecule has 5 nitrogen and oxygen atoms in total. The van der Waals surface area contributed by atoms with E-state index < -0.39 is 0 Å². The van der Waals surface area contributed by atoms with Crippen molar-refractivity contribution in [3.05, 3.63) is 28.3 Å².